The Kier molecular flexibility index (Phi) is 6.65. The third-order valence-electron chi connectivity index (χ3n) is 5.32. The molecule has 0 bridgehead atoms. The maximum absolute atomic E-state index is 11.9. The number of anilines is 1. The van der Waals surface area contributed by atoms with E-state index < -0.39 is 0 Å². The van der Waals surface area contributed by atoms with Crippen molar-refractivity contribution in [3.63, 3.8) is 0 Å². The van der Waals surface area contributed by atoms with Gasteiger partial charge in [0.15, 0.2) is 0 Å². The largest absolute Gasteiger partial charge is 0.505 e. The molecule has 3 aromatic rings. The fraction of sp³-hybridized carbons (Fsp3) is 0.348. The van der Waals surface area contributed by atoms with Crippen LogP contribution in [0.25, 0.3) is 22.2 Å². The van der Waals surface area contributed by atoms with Gasteiger partial charge in [0.05, 0.1) is 5.69 Å². The predicted octanol–water partition coefficient (Wildman–Crippen LogP) is 5.21. The number of phenols is 1. The first-order valence-corrected chi connectivity index (χ1v) is 10.2. The highest BCUT2D eigenvalue weighted by Gasteiger charge is 2.18. The minimum Gasteiger partial charge on any atom is -0.505 e. The molecule has 1 aromatic heterocycles. The van der Waals surface area contributed by atoms with Crippen LogP contribution in [0.5, 0.6) is 5.75 Å². The number of unbranched alkanes of at least 4 members (excludes halogenated alkanes) is 1. The first kappa shape index (κ1) is 20.6. The van der Waals surface area contributed by atoms with Crippen LogP contribution < -0.4 is 5.32 Å². The number of nitrogens with one attached hydrogen (secondary N) is 2. The molecule has 0 aliphatic heterocycles. The van der Waals surface area contributed by atoms with Crippen molar-refractivity contribution in [1.29, 1.82) is 0 Å². The Balaban J connectivity index is 2.08. The molecule has 3 N–H and O–H groups in total. The second-order valence-electron chi connectivity index (χ2n) is 7.35. The topological polar surface area (TPSA) is 90.9 Å². The van der Waals surface area contributed by atoms with Crippen molar-refractivity contribution in [2.75, 3.05) is 5.32 Å². The lowest BCUT2D eigenvalue weighted by molar-refractivity contribution is -0.111. The van der Waals surface area contributed by atoms with Crippen LogP contribution in [-0.2, 0) is 11.2 Å². The van der Waals surface area contributed by atoms with Crippen molar-refractivity contribution in [2.45, 2.75) is 46.0 Å². The molecule has 0 fully saturated rings. The number of hydrogen-bond donors (Lipinski definition) is 3. The van der Waals surface area contributed by atoms with Crippen LogP contribution in [0.1, 0.15) is 45.1 Å². The van der Waals surface area contributed by atoms with E-state index in [1.165, 1.54) is 18.9 Å². The molecule has 6 heteroatoms. The average Bonchev–Trinajstić information content (AvgIpc) is 3.22. The molecule has 152 valence electrons. The Hall–Kier alpha value is -3.15. The molecule has 0 radical (unpaired) electrons. The summed E-state index contributed by atoms with van der Waals surface area (Å²) in [5, 5.41) is 24.7. The third-order valence-corrected chi connectivity index (χ3v) is 5.32. The minimum atomic E-state index is -0.360. The van der Waals surface area contributed by atoms with Gasteiger partial charge in [0.2, 0.25) is 5.91 Å². The molecule has 1 heterocycles. The molecule has 1 unspecified atom stereocenters. The summed E-state index contributed by atoms with van der Waals surface area (Å²) in [7, 11) is 0. The van der Waals surface area contributed by atoms with Gasteiger partial charge in [0.25, 0.3) is 0 Å². The molecule has 0 saturated heterocycles. The number of aromatic nitrogens is 3. The van der Waals surface area contributed by atoms with Gasteiger partial charge in [-0.25, -0.2) is 0 Å². The highest BCUT2D eigenvalue weighted by atomic mass is 16.3. The van der Waals surface area contributed by atoms with Gasteiger partial charge in [-0.3, -0.25) is 4.79 Å². The number of amides is 1. The Labute approximate surface area is 171 Å². The fourth-order valence-corrected chi connectivity index (χ4v) is 3.66. The molecular formula is C23H28N4O2. The highest BCUT2D eigenvalue weighted by molar-refractivity contribution is 6.02. The summed E-state index contributed by atoms with van der Waals surface area (Å²) in [5.41, 5.74) is 4.25. The van der Waals surface area contributed by atoms with E-state index in [9.17, 15) is 9.90 Å². The molecule has 0 saturated carbocycles. The molecule has 2 aromatic carbocycles. The number of nitrogens with zero attached hydrogens (tertiary/aromatic N) is 2. The van der Waals surface area contributed by atoms with Crippen LogP contribution >= 0.6 is 0 Å². The Morgan fingerprint density at radius 1 is 1.28 bits per heavy atom. The van der Waals surface area contributed by atoms with Crippen LogP contribution in [0.4, 0.5) is 5.69 Å². The first-order chi connectivity index (χ1) is 14.1. The number of aromatic hydroxyl groups is 1. The van der Waals surface area contributed by atoms with E-state index in [-0.39, 0.29) is 11.7 Å². The standard InChI is InChI=1S/C23H28N4O2/c1-4-7-9-15(5-2)12-16-13-18(23(29)20(14-16)24-21(28)6-3)17-10-8-11-19-22(17)26-27-25-19/h6,8,10-11,13-15,29H,3-5,7,9,12H2,1-2H3,(H,24,28)(H,25,26,27). The van der Waals surface area contributed by atoms with Crippen LogP contribution in [0, 0.1) is 5.92 Å². The summed E-state index contributed by atoms with van der Waals surface area (Å²) < 4.78 is 0. The summed E-state index contributed by atoms with van der Waals surface area (Å²) in [4.78, 5) is 11.9. The monoisotopic (exact) mass is 392 g/mol. The molecule has 0 aliphatic carbocycles. The zero-order valence-electron chi connectivity index (χ0n) is 17.0. The molecule has 6 nitrogen and oxygen atoms in total. The van der Waals surface area contributed by atoms with Gasteiger partial charge in [0.1, 0.15) is 16.8 Å². The van der Waals surface area contributed by atoms with Crippen molar-refractivity contribution in [3.05, 3.63) is 48.6 Å². The molecule has 1 atom stereocenters. The number of para-hydroxylation sites is 1. The zero-order chi connectivity index (χ0) is 20.8. The molecule has 0 spiro atoms. The summed E-state index contributed by atoms with van der Waals surface area (Å²) >= 11 is 0. The van der Waals surface area contributed by atoms with Gasteiger partial charge in [0, 0.05) is 11.1 Å². The molecule has 3 rings (SSSR count). The maximum Gasteiger partial charge on any atom is 0.247 e. The summed E-state index contributed by atoms with van der Waals surface area (Å²) in [6, 6.07) is 9.50. The molecule has 0 aliphatic rings. The van der Waals surface area contributed by atoms with E-state index in [4.69, 9.17) is 0 Å². The molecular weight excluding hydrogens is 364 g/mol. The Morgan fingerprint density at radius 3 is 2.83 bits per heavy atom. The van der Waals surface area contributed by atoms with E-state index in [0.29, 0.717) is 22.7 Å². The lowest BCUT2D eigenvalue weighted by Crippen LogP contribution is -2.09. The number of carbonyl (C=O) groups excluding carboxylic acids is 1. The van der Waals surface area contributed by atoms with Gasteiger partial charge in [-0.1, -0.05) is 58.2 Å². The van der Waals surface area contributed by atoms with Crippen molar-refractivity contribution < 1.29 is 9.90 Å². The Morgan fingerprint density at radius 2 is 2.10 bits per heavy atom. The van der Waals surface area contributed by atoms with E-state index >= 15 is 0 Å². The zero-order valence-corrected chi connectivity index (χ0v) is 17.0. The van der Waals surface area contributed by atoms with E-state index in [2.05, 4.69) is 41.2 Å². The smallest absolute Gasteiger partial charge is 0.247 e. The number of benzene rings is 2. The number of rotatable bonds is 9. The number of H-pyrrole nitrogens is 1. The quantitative estimate of drug-likeness (QED) is 0.344. The van der Waals surface area contributed by atoms with Crippen LogP contribution in [0.3, 0.4) is 0 Å². The van der Waals surface area contributed by atoms with Crippen molar-refractivity contribution in [3.8, 4) is 16.9 Å². The Bertz CT molecular complexity index is 1010. The van der Waals surface area contributed by atoms with Gasteiger partial charge < -0.3 is 10.4 Å². The van der Waals surface area contributed by atoms with Gasteiger partial charge >= 0.3 is 0 Å². The first-order valence-electron chi connectivity index (χ1n) is 10.2. The lowest BCUT2D eigenvalue weighted by atomic mass is 9.90. The summed E-state index contributed by atoms with van der Waals surface area (Å²) in [5.74, 6) is 0.209. The van der Waals surface area contributed by atoms with Crippen molar-refractivity contribution in [2.24, 2.45) is 5.92 Å². The average molecular weight is 393 g/mol. The normalized spacial score (nSPS) is 12.1. The third kappa shape index (κ3) is 4.65. The predicted molar refractivity (Wildman–Crippen MR) is 117 cm³/mol. The highest BCUT2D eigenvalue weighted by Crippen LogP contribution is 2.40. The van der Waals surface area contributed by atoms with Crippen LogP contribution in [-0.4, -0.2) is 26.4 Å². The van der Waals surface area contributed by atoms with Crippen LogP contribution in [0.15, 0.2) is 43.0 Å². The number of aromatic amines is 1. The lowest BCUT2D eigenvalue weighted by Gasteiger charge is -2.18. The fourth-order valence-electron chi connectivity index (χ4n) is 3.66. The maximum atomic E-state index is 11.9. The summed E-state index contributed by atoms with van der Waals surface area (Å²) in [6.07, 6.45) is 6.70. The van der Waals surface area contributed by atoms with E-state index in [1.807, 2.05) is 30.3 Å². The van der Waals surface area contributed by atoms with Gasteiger partial charge in [-0.2, -0.15) is 15.4 Å². The second kappa shape index (κ2) is 9.37. The number of hydrogen-bond acceptors (Lipinski definition) is 4. The molecule has 29 heavy (non-hydrogen) atoms. The van der Waals surface area contributed by atoms with Crippen molar-refractivity contribution in [1.82, 2.24) is 15.4 Å². The van der Waals surface area contributed by atoms with E-state index in [0.717, 1.165) is 35.9 Å². The number of fused-ring (bicyclic) bond motifs is 1. The minimum absolute atomic E-state index is 0.0149. The van der Waals surface area contributed by atoms with Gasteiger partial charge in [-0.05, 0) is 42.2 Å². The number of carbonyl (C=O) groups is 1. The van der Waals surface area contributed by atoms with E-state index in [1.54, 1.807) is 0 Å². The SMILES string of the molecule is C=CC(=O)Nc1cc(CC(CC)CCCC)cc(-c2cccc3n[nH]nc23)c1O. The number of phenolic OH excluding ortho intramolecular Hbond substituents is 1. The van der Waals surface area contributed by atoms with Crippen LogP contribution in [0.2, 0.25) is 0 Å². The molecule has 1 amide bonds. The summed E-state index contributed by atoms with van der Waals surface area (Å²) in [6.45, 7) is 7.91. The van der Waals surface area contributed by atoms with Gasteiger partial charge in [-0.15, -0.1) is 0 Å². The second-order valence-corrected chi connectivity index (χ2v) is 7.35. The van der Waals surface area contributed by atoms with Crippen molar-refractivity contribution >= 4 is 22.6 Å².